The van der Waals surface area contributed by atoms with Crippen molar-refractivity contribution >= 4 is 5.57 Å². The zero-order chi connectivity index (χ0) is 14.4. The third-order valence-electron chi connectivity index (χ3n) is 3.80. The van der Waals surface area contributed by atoms with E-state index in [1.807, 2.05) is 6.92 Å². The van der Waals surface area contributed by atoms with Crippen LogP contribution < -0.4 is 0 Å². The van der Waals surface area contributed by atoms with Crippen molar-refractivity contribution in [2.24, 2.45) is 0 Å². The van der Waals surface area contributed by atoms with Gasteiger partial charge in [-0.25, -0.2) is 0 Å². The van der Waals surface area contributed by atoms with E-state index >= 15 is 0 Å². The van der Waals surface area contributed by atoms with Crippen LogP contribution in [0.3, 0.4) is 0 Å². The third kappa shape index (κ3) is 3.40. The summed E-state index contributed by atoms with van der Waals surface area (Å²) in [5, 5.41) is 0. The molecule has 0 amide bonds. The minimum atomic E-state index is -0.599. The molecule has 108 valence electrons. The Kier molecular flexibility index (Phi) is 5.19. The third-order valence-corrected chi connectivity index (χ3v) is 3.80. The predicted octanol–water partition coefficient (Wildman–Crippen LogP) is 4.65. The van der Waals surface area contributed by atoms with Gasteiger partial charge in [-0.05, 0) is 31.7 Å². The lowest BCUT2D eigenvalue weighted by Gasteiger charge is -2.34. The molecule has 1 aromatic carbocycles. The minimum Gasteiger partial charge on any atom is -0.346 e. The van der Waals surface area contributed by atoms with E-state index in [9.17, 15) is 0 Å². The maximum Gasteiger partial charge on any atom is 0.191 e. The minimum absolute atomic E-state index is 0.599. The Morgan fingerprint density at radius 3 is 2.45 bits per heavy atom. The molecule has 0 unspecified atom stereocenters. The van der Waals surface area contributed by atoms with Crippen LogP contribution in [0.1, 0.15) is 50.7 Å². The molecule has 2 rings (SSSR count). The molecule has 2 heteroatoms. The van der Waals surface area contributed by atoms with Gasteiger partial charge >= 0.3 is 0 Å². The summed E-state index contributed by atoms with van der Waals surface area (Å²) < 4.78 is 11.6. The molecule has 0 bridgehead atoms. The van der Waals surface area contributed by atoms with Gasteiger partial charge in [-0.3, -0.25) is 0 Å². The highest BCUT2D eigenvalue weighted by Gasteiger charge is 2.30. The Morgan fingerprint density at radius 1 is 1.25 bits per heavy atom. The fraction of sp³-hybridized carbons (Fsp3) is 0.500. The van der Waals surface area contributed by atoms with Crippen LogP contribution in [0.15, 0.2) is 36.6 Å². The molecule has 20 heavy (non-hydrogen) atoms. The number of allylic oxidation sites excluding steroid dienone is 1. The molecule has 0 aromatic heterocycles. The van der Waals surface area contributed by atoms with Crippen molar-refractivity contribution in [3.05, 3.63) is 47.7 Å². The van der Waals surface area contributed by atoms with Crippen LogP contribution in [0.25, 0.3) is 5.57 Å². The van der Waals surface area contributed by atoms with Gasteiger partial charge in [0.25, 0.3) is 0 Å². The Morgan fingerprint density at radius 2 is 1.90 bits per heavy atom. The van der Waals surface area contributed by atoms with Crippen molar-refractivity contribution in [2.75, 3.05) is 13.2 Å². The molecule has 0 N–H and O–H groups in total. The predicted molar refractivity (Wildman–Crippen MR) is 82.4 cm³/mol. The Bertz CT molecular complexity index is 475. The van der Waals surface area contributed by atoms with Crippen LogP contribution in [-0.4, -0.2) is 13.2 Å². The second-order valence-electron chi connectivity index (χ2n) is 5.33. The standard InChI is InChI=1S/C18H24O2/c1-4-6-8-15(5-2)16-9-11-17(12-10-16)18(3)19-13-7-14-20-18/h9-12H,2,4,6-8,13-14H2,1,3H3. The van der Waals surface area contributed by atoms with Crippen LogP contribution in [0, 0.1) is 0 Å². The Labute approximate surface area is 122 Å². The van der Waals surface area contributed by atoms with E-state index in [2.05, 4.69) is 43.5 Å². The molecule has 1 fully saturated rings. The summed E-state index contributed by atoms with van der Waals surface area (Å²) in [6, 6.07) is 8.41. The summed E-state index contributed by atoms with van der Waals surface area (Å²) in [7, 11) is 0. The average Bonchev–Trinajstić information content (AvgIpc) is 2.49. The zero-order valence-electron chi connectivity index (χ0n) is 12.6. The monoisotopic (exact) mass is 272 g/mol. The van der Waals surface area contributed by atoms with Crippen LogP contribution in [0.5, 0.6) is 0 Å². The lowest BCUT2D eigenvalue weighted by molar-refractivity contribution is -0.264. The topological polar surface area (TPSA) is 18.5 Å². The molecular formula is C18H24O2. The smallest absolute Gasteiger partial charge is 0.191 e. The fourth-order valence-electron chi connectivity index (χ4n) is 2.46. The number of unbranched alkanes of at least 4 members (excludes halogenated alkanes) is 1. The number of hydrogen-bond donors (Lipinski definition) is 0. The number of ether oxygens (including phenoxy) is 2. The van der Waals surface area contributed by atoms with Gasteiger partial charge in [-0.15, -0.1) is 5.73 Å². The lowest BCUT2D eigenvalue weighted by atomic mass is 9.98. The molecular weight excluding hydrogens is 248 g/mol. The first-order valence-corrected chi connectivity index (χ1v) is 7.47. The second-order valence-corrected chi connectivity index (χ2v) is 5.33. The van der Waals surface area contributed by atoms with Gasteiger partial charge in [0.05, 0.1) is 13.2 Å². The van der Waals surface area contributed by atoms with Crippen molar-refractivity contribution < 1.29 is 9.47 Å². The first-order chi connectivity index (χ1) is 9.69. The molecule has 1 aliphatic rings. The van der Waals surface area contributed by atoms with E-state index in [0.29, 0.717) is 0 Å². The van der Waals surface area contributed by atoms with Crippen molar-refractivity contribution in [1.29, 1.82) is 0 Å². The summed E-state index contributed by atoms with van der Waals surface area (Å²) in [5.74, 6) is -0.599. The maximum atomic E-state index is 5.79. The average molecular weight is 272 g/mol. The number of benzene rings is 1. The highest BCUT2D eigenvalue weighted by molar-refractivity contribution is 5.64. The highest BCUT2D eigenvalue weighted by Crippen LogP contribution is 2.31. The largest absolute Gasteiger partial charge is 0.346 e. The summed E-state index contributed by atoms with van der Waals surface area (Å²) >= 11 is 0. The molecule has 1 aromatic rings. The van der Waals surface area contributed by atoms with E-state index in [-0.39, 0.29) is 0 Å². The van der Waals surface area contributed by atoms with Crippen LogP contribution in [0.2, 0.25) is 0 Å². The van der Waals surface area contributed by atoms with Crippen LogP contribution in [-0.2, 0) is 15.3 Å². The maximum absolute atomic E-state index is 5.79. The van der Waals surface area contributed by atoms with Gasteiger partial charge in [0.1, 0.15) is 0 Å². The number of rotatable bonds is 5. The molecule has 0 saturated carbocycles. The van der Waals surface area contributed by atoms with Crippen molar-refractivity contribution in [3.8, 4) is 0 Å². The van der Waals surface area contributed by atoms with Gasteiger partial charge < -0.3 is 9.47 Å². The molecule has 0 radical (unpaired) electrons. The number of hydrogen-bond acceptors (Lipinski definition) is 2. The molecule has 0 atom stereocenters. The molecule has 0 aliphatic carbocycles. The Balaban J connectivity index is 2.15. The molecule has 2 nitrogen and oxygen atoms in total. The van der Waals surface area contributed by atoms with Crippen molar-refractivity contribution in [1.82, 2.24) is 0 Å². The van der Waals surface area contributed by atoms with E-state index < -0.39 is 5.79 Å². The van der Waals surface area contributed by atoms with E-state index in [4.69, 9.17) is 9.47 Å². The second kappa shape index (κ2) is 6.90. The normalized spacial score (nSPS) is 17.5. The molecule has 1 aliphatic heterocycles. The summed E-state index contributed by atoms with van der Waals surface area (Å²) in [6.07, 6.45) is 4.35. The summed E-state index contributed by atoms with van der Waals surface area (Å²) in [6.45, 7) is 9.50. The van der Waals surface area contributed by atoms with Gasteiger partial charge in [-0.2, -0.15) is 0 Å². The van der Waals surface area contributed by atoms with Crippen LogP contribution >= 0.6 is 0 Å². The Hall–Kier alpha value is -1.34. The first-order valence-electron chi connectivity index (χ1n) is 7.47. The SMILES string of the molecule is C=C=C(CCCC)c1ccc(C2(C)OCCCO2)cc1. The van der Waals surface area contributed by atoms with Gasteiger partial charge in [0.2, 0.25) is 0 Å². The van der Waals surface area contributed by atoms with Crippen molar-refractivity contribution in [2.45, 2.75) is 45.3 Å². The first kappa shape index (κ1) is 15.1. The molecule has 0 spiro atoms. The van der Waals surface area contributed by atoms with E-state index in [1.165, 1.54) is 24.0 Å². The van der Waals surface area contributed by atoms with Crippen LogP contribution in [0.4, 0.5) is 0 Å². The summed E-state index contributed by atoms with van der Waals surface area (Å²) in [4.78, 5) is 0. The van der Waals surface area contributed by atoms with Gasteiger partial charge in [0.15, 0.2) is 5.79 Å². The zero-order valence-corrected chi connectivity index (χ0v) is 12.6. The van der Waals surface area contributed by atoms with E-state index in [1.54, 1.807) is 0 Å². The van der Waals surface area contributed by atoms with Gasteiger partial charge in [-0.1, -0.05) is 44.2 Å². The lowest BCUT2D eigenvalue weighted by Crippen LogP contribution is -2.34. The fourth-order valence-corrected chi connectivity index (χ4v) is 2.46. The molecule has 1 saturated heterocycles. The van der Waals surface area contributed by atoms with Crippen molar-refractivity contribution in [3.63, 3.8) is 0 Å². The quantitative estimate of drug-likeness (QED) is 0.726. The van der Waals surface area contributed by atoms with E-state index in [0.717, 1.165) is 31.6 Å². The molecule has 1 heterocycles. The summed E-state index contributed by atoms with van der Waals surface area (Å²) in [5.41, 5.74) is 6.52. The highest BCUT2D eigenvalue weighted by atomic mass is 16.7. The van der Waals surface area contributed by atoms with Gasteiger partial charge in [0, 0.05) is 11.1 Å².